The monoisotopic (exact) mass is 222 g/mol. The van der Waals surface area contributed by atoms with Crippen LogP contribution < -0.4 is 5.32 Å². The molecule has 0 radical (unpaired) electrons. The highest BCUT2D eigenvalue weighted by atomic mass is 16.1. The minimum absolute atomic E-state index is 0.113. The second-order valence-corrected chi connectivity index (χ2v) is 4.18. The second-order valence-electron chi connectivity index (χ2n) is 4.18. The Hall–Kier alpha value is -1.20. The van der Waals surface area contributed by atoms with E-state index in [2.05, 4.69) is 15.3 Å². The van der Waals surface area contributed by atoms with E-state index >= 15 is 0 Å². The van der Waals surface area contributed by atoms with Gasteiger partial charge >= 0.3 is 0 Å². The first kappa shape index (κ1) is 11.3. The summed E-state index contributed by atoms with van der Waals surface area (Å²) in [5.74, 6) is 0.113. The van der Waals surface area contributed by atoms with Gasteiger partial charge in [0.2, 0.25) is 0 Å². The van der Waals surface area contributed by atoms with Crippen LogP contribution in [-0.2, 0) is 7.05 Å². The third kappa shape index (κ3) is 2.90. The van der Waals surface area contributed by atoms with Crippen molar-refractivity contribution >= 4 is 5.78 Å². The predicted octanol–water partition coefficient (Wildman–Crippen LogP) is -0.102. The molecule has 2 rings (SSSR count). The van der Waals surface area contributed by atoms with Crippen LogP contribution in [0.25, 0.3) is 0 Å². The molecule has 0 atom stereocenters. The Labute approximate surface area is 95.4 Å². The summed E-state index contributed by atoms with van der Waals surface area (Å²) in [7, 11) is 1.83. The summed E-state index contributed by atoms with van der Waals surface area (Å²) < 4.78 is 1.66. The standard InChI is InChI=1S/C11H18N4O/c1-14-7-3-10(13-14)11(16)9-15-6-2-4-12-5-8-15/h3,7,12H,2,4-6,8-9H2,1H3. The van der Waals surface area contributed by atoms with Crippen LogP contribution in [0.1, 0.15) is 16.9 Å². The normalized spacial score (nSPS) is 18.3. The molecule has 0 bridgehead atoms. The molecule has 0 unspecified atom stereocenters. The number of Topliss-reactive ketones (excluding diaryl/α,β-unsaturated/α-hetero) is 1. The Bertz CT molecular complexity index is 353. The molecule has 1 fully saturated rings. The lowest BCUT2D eigenvalue weighted by Gasteiger charge is -2.17. The van der Waals surface area contributed by atoms with Gasteiger partial charge in [0.15, 0.2) is 5.78 Å². The molecule has 5 nitrogen and oxygen atoms in total. The van der Waals surface area contributed by atoms with Gasteiger partial charge < -0.3 is 5.32 Å². The number of aryl methyl sites for hydroxylation is 1. The third-order valence-corrected chi connectivity index (χ3v) is 2.80. The van der Waals surface area contributed by atoms with Gasteiger partial charge in [0.05, 0.1) is 6.54 Å². The zero-order chi connectivity index (χ0) is 11.4. The number of aromatic nitrogens is 2. The van der Waals surface area contributed by atoms with E-state index in [9.17, 15) is 4.79 Å². The van der Waals surface area contributed by atoms with Gasteiger partial charge in [-0.05, 0) is 25.6 Å². The summed E-state index contributed by atoms with van der Waals surface area (Å²) in [5, 5.41) is 7.45. The van der Waals surface area contributed by atoms with E-state index in [1.807, 2.05) is 7.05 Å². The maximum Gasteiger partial charge on any atom is 0.196 e. The highest BCUT2D eigenvalue weighted by Gasteiger charge is 2.15. The number of ketones is 1. The van der Waals surface area contributed by atoms with Crippen molar-refractivity contribution in [2.75, 3.05) is 32.7 Å². The van der Waals surface area contributed by atoms with Gasteiger partial charge in [0.25, 0.3) is 0 Å². The van der Waals surface area contributed by atoms with E-state index in [0.29, 0.717) is 12.2 Å². The fourth-order valence-electron chi connectivity index (χ4n) is 1.91. The maximum absolute atomic E-state index is 11.9. The number of carbonyl (C=O) groups is 1. The molecule has 1 saturated heterocycles. The van der Waals surface area contributed by atoms with Crippen molar-refractivity contribution in [3.63, 3.8) is 0 Å². The molecule has 1 aromatic rings. The zero-order valence-corrected chi connectivity index (χ0v) is 9.65. The van der Waals surface area contributed by atoms with Gasteiger partial charge in [0.1, 0.15) is 5.69 Å². The molecule has 0 amide bonds. The number of carbonyl (C=O) groups excluding carboxylic acids is 1. The minimum Gasteiger partial charge on any atom is -0.315 e. The first-order valence-corrected chi connectivity index (χ1v) is 5.71. The van der Waals surface area contributed by atoms with Crippen LogP contribution in [0.15, 0.2) is 12.3 Å². The van der Waals surface area contributed by atoms with E-state index in [4.69, 9.17) is 0 Å². The predicted molar refractivity (Wildman–Crippen MR) is 61.5 cm³/mol. The van der Waals surface area contributed by atoms with Gasteiger partial charge in [-0.2, -0.15) is 5.10 Å². The molecule has 0 aromatic carbocycles. The number of nitrogens with one attached hydrogen (secondary N) is 1. The smallest absolute Gasteiger partial charge is 0.196 e. The van der Waals surface area contributed by atoms with Crippen molar-refractivity contribution in [3.8, 4) is 0 Å². The van der Waals surface area contributed by atoms with Crippen LogP contribution in [0.2, 0.25) is 0 Å². The summed E-state index contributed by atoms with van der Waals surface area (Å²) in [5.41, 5.74) is 0.569. The van der Waals surface area contributed by atoms with E-state index in [1.165, 1.54) is 0 Å². The fourth-order valence-corrected chi connectivity index (χ4v) is 1.91. The highest BCUT2D eigenvalue weighted by molar-refractivity contribution is 5.95. The van der Waals surface area contributed by atoms with Crippen LogP contribution in [0.4, 0.5) is 0 Å². The molecular formula is C11H18N4O. The summed E-state index contributed by atoms with van der Waals surface area (Å²) in [6.45, 7) is 4.44. The van der Waals surface area contributed by atoms with E-state index < -0.39 is 0 Å². The molecule has 5 heteroatoms. The van der Waals surface area contributed by atoms with Crippen LogP contribution in [-0.4, -0.2) is 53.2 Å². The Morgan fingerprint density at radius 3 is 3.12 bits per heavy atom. The molecule has 1 aromatic heterocycles. The summed E-state index contributed by atoms with van der Waals surface area (Å²) in [4.78, 5) is 14.1. The summed E-state index contributed by atoms with van der Waals surface area (Å²) in [6.07, 6.45) is 2.91. The van der Waals surface area contributed by atoms with Gasteiger partial charge in [-0.1, -0.05) is 0 Å². The van der Waals surface area contributed by atoms with Crippen molar-refractivity contribution < 1.29 is 4.79 Å². The van der Waals surface area contributed by atoms with E-state index in [0.717, 1.165) is 32.6 Å². The topological polar surface area (TPSA) is 50.2 Å². The lowest BCUT2D eigenvalue weighted by Crippen LogP contribution is -2.33. The van der Waals surface area contributed by atoms with E-state index in [-0.39, 0.29) is 5.78 Å². The van der Waals surface area contributed by atoms with Crippen LogP contribution >= 0.6 is 0 Å². The number of hydrogen-bond acceptors (Lipinski definition) is 4. The van der Waals surface area contributed by atoms with Gasteiger partial charge in [-0.15, -0.1) is 0 Å². The summed E-state index contributed by atoms with van der Waals surface area (Å²) >= 11 is 0. The third-order valence-electron chi connectivity index (χ3n) is 2.80. The van der Waals surface area contributed by atoms with Gasteiger partial charge in [0, 0.05) is 26.3 Å². The lowest BCUT2D eigenvalue weighted by atomic mass is 10.2. The number of rotatable bonds is 3. The average molecular weight is 222 g/mol. The quantitative estimate of drug-likeness (QED) is 0.726. The van der Waals surface area contributed by atoms with Gasteiger partial charge in [-0.3, -0.25) is 14.4 Å². The summed E-state index contributed by atoms with van der Waals surface area (Å²) in [6, 6.07) is 1.78. The first-order chi connectivity index (χ1) is 7.75. The van der Waals surface area contributed by atoms with Crippen LogP contribution in [0, 0.1) is 0 Å². The van der Waals surface area contributed by atoms with Crippen molar-refractivity contribution in [1.82, 2.24) is 20.0 Å². The highest BCUT2D eigenvalue weighted by Crippen LogP contribution is 2.01. The fraction of sp³-hybridized carbons (Fsp3) is 0.636. The molecule has 88 valence electrons. The Morgan fingerprint density at radius 2 is 2.38 bits per heavy atom. The van der Waals surface area contributed by atoms with Crippen LogP contribution in [0.3, 0.4) is 0 Å². The molecule has 1 aliphatic rings. The minimum atomic E-state index is 0.113. The molecule has 2 heterocycles. The Kier molecular flexibility index (Phi) is 3.69. The molecule has 0 saturated carbocycles. The zero-order valence-electron chi connectivity index (χ0n) is 9.65. The molecule has 0 aliphatic carbocycles. The number of hydrogen-bond donors (Lipinski definition) is 1. The first-order valence-electron chi connectivity index (χ1n) is 5.71. The van der Waals surface area contributed by atoms with Gasteiger partial charge in [-0.25, -0.2) is 0 Å². The largest absolute Gasteiger partial charge is 0.315 e. The molecule has 0 spiro atoms. The van der Waals surface area contributed by atoms with Crippen molar-refractivity contribution in [2.24, 2.45) is 7.05 Å². The maximum atomic E-state index is 11.9. The van der Waals surface area contributed by atoms with Crippen LogP contribution in [0.5, 0.6) is 0 Å². The Morgan fingerprint density at radius 1 is 1.50 bits per heavy atom. The van der Waals surface area contributed by atoms with Crippen molar-refractivity contribution in [2.45, 2.75) is 6.42 Å². The lowest BCUT2D eigenvalue weighted by molar-refractivity contribution is 0.0929. The average Bonchev–Trinajstić information content (AvgIpc) is 2.54. The van der Waals surface area contributed by atoms with E-state index in [1.54, 1.807) is 16.9 Å². The number of nitrogens with zero attached hydrogens (tertiary/aromatic N) is 3. The Balaban J connectivity index is 1.90. The molecule has 16 heavy (non-hydrogen) atoms. The van der Waals surface area contributed by atoms with Crippen molar-refractivity contribution in [1.29, 1.82) is 0 Å². The molecule has 1 aliphatic heterocycles. The SMILES string of the molecule is Cn1ccc(C(=O)CN2CCCNCC2)n1. The second kappa shape index (κ2) is 5.23. The molecule has 1 N–H and O–H groups in total. The molecular weight excluding hydrogens is 204 g/mol. The van der Waals surface area contributed by atoms with Crippen molar-refractivity contribution in [3.05, 3.63) is 18.0 Å².